The zero-order chi connectivity index (χ0) is 22.1. The summed E-state index contributed by atoms with van der Waals surface area (Å²) in [6, 6.07) is 0. The SMILES string of the molecule is CCC(C)(C)C(=O)OC1CC(C)C=C2C=C[C@H](C)[C@H](CCC3C[C@@H](O)CC(=O)O3)C21. The molecule has 30 heavy (non-hydrogen) atoms. The van der Waals surface area contributed by atoms with Crippen LogP contribution in [0, 0.1) is 29.1 Å². The number of fused-ring (bicyclic) bond motifs is 1. The van der Waals surface area contributed by atoms with Crippen molar-refractivity contribution in [2.75, 3.05) is 0 Å². The molecule has 0 saturated carbocycles. The van der Waals surface area contributed by atoms with Gasteiger partial charge in [0.05, 0.1) is 17.9 Å². The molecule has 2 aliphatic carbocycles. The van der Waals surface area contributed by atoms with Gasteiger partial charge in [0.1, 0.15) is 12.2 Å². The molecule has 1 fully saturated rings. The van der Waals surface area contributed by atoms with Gasteiger partial charge in [-0.3, -0.25) is 9.59 Å². The zero-order valence-corrected chi connectivity index (χ0v) is 19.1. The van der Waals surface area contributed by atoms with Crippen molar-refractivity contribution in [3.63, 3.8) is 0 Å². The Kier molecular flexibility index (Phi) is 7.11. The van der Waals surface area contributed by atoms with Gasteiger partial charge in [-0.15, -0.1) is 0 Å². The summed E-state index contributed by atoms with van der Waals surface area (Å²) in [7, 11) is 0. The number of aliphatic hydroxyl groups is 1. The second-order valence-electron chi connectivity index (χ2n) is 10.3. The average molecular weight is 419 g/mol. The predicted molar refractivity (Wildman–Crippen MR) is 115 cm³/mol. The summed E-state index contributed by atoms with van der Waals surface area (Å²) in [4.78, 5) is 24.6. The molecule has 3 rings (SSSR count). The quantitative estimate of drug-likeness (QED) is 0.639. The first-order chi connectivity index (χ1) is 14.1. The van der Waals surface area contributed by atoms with Crippen molar-refractivity contribution >= 4 is 11.9 Å². The Hall–Kier alpha value is -1.62. The summed E-state index contributed by atoms with van der Waals surface area (Å²) in [5.41, 5.74) is 0.785. The highest BCUT2D eigenvalue weighted by atomic mass is 16.6. The number of carbonyl (C=O) groups is 2. The standard InChI is InChI=1S/C25H38O5/c1-6-25(4,5)24(28)30-21-12-15(2)11-17-8-7-16(3)20(23(17)21)10-9-19-13-18(26)14-22(27)29-19/h7-8,11,15-16,18-21,23,26H,6,9-10,12-14H2,1-5H3/t15?,16-,18+,19?,20-,21?,23?/m0/s1. The third-order valence-electron chi connectivity index (χ3n) is 7.35. The number of ether oxygens (including phenoxy) is 2. The lowest BCUT2D eigenvalue weighted by Crippen LogP contribution is -2.43. The molecule has 0 amide bonds. The fourth-order valence-corrected chi connectivity index (χ4v) is 5.08. The first-order valence-electron chi connectivity index (χ1n) is 11.6. The molecule has 1 aliphatic heterocycles. The molecular weight excluding hydrogens is 380 g/mol. The first-order valence-corrected chi connectivity index (χ1v) is 11.6. The van der Waals surface area contributed by atoms with E-state index < -0.39 is 11.5 Å². The van der Waals surface area contributed by atoms with Crippen LogP contribution in [0.3, 0.4) is 0 Å². The van der Waals surface area contributed by atoms with Gasteiger partial charge in [-0.1, -0.05) is 39.0 Å². The molecule has 5 heteroatoms. The van der Waals surface area contributed by atoms with E-state index in [1.54, 1.807) is 0 Å². The highest BCUT2D eigenvalue weighted by Gasteiger charge is 2.43. The maximum Gasteiger partial charge on any atom is 0.311 e. The van der Waals surface area contributed by atoms with E-state index >= 15 is 0 Å². The lowest BCUT2D eigenvalue weighted by Gasteiger charge is -2.44. The van der Waals surface area contributed by atoms with E-state index in [0.29, 0.717) is 24.2 Å². The molecule has 0 bridgehead atoms. The second kappa shape index (κ2) is 9.25. The molecular formula is C25H38O5. The molecule has 5 nitrogen and oxygen atoms in total. The van der Waals surface area contributed by atoms with Crippen LogP contribution >= 0.6 is 0 Å². The highest BCUT2D eigenvalue weighted by Crippen LogP contribution is 2.45. The summed E-state index contributed by atoms with van der Waals surface area (Å²) in [6.07, 6.45) is 9.61. The van der Waals surface area contributed by atoms with Crippen LogP contribution in [0.15, 0.2) is 23.8 Å². The van der Waals surface area contributed by atoms with E-state index in [4.69, 9.17) is 9.47 Å². The minimum Gasteiger partial charge on any atom is -0.462 e. The molecule has 0 aromatic rings. The summed E-state index contributed by atoms with van der Waals surface area (Å²) in [6.45, 7) is 10.3. The molecule has 0 radical (unpaired) electrons. The summed E-state index contributed by atoms with van der Waals surface area (Å²) in [5.74, 6) is 0.776. The van der Waals surface area contributed by atoms with Crippen molar-refractivity contribution in [3.05, 3.63) is 23.8 Å². The van der Waals surface area contributed by atoms with Crippen LogP contribution < -0.4 is 0 Å². The maximum atomic E-state index is 12.9. The Morgan fingerprint density at radius 2 is 2.00 bits per heavy atom. The van der Waals surface area contributed by atoms with Crippen LogP contribution in [0.25, 0.3) is 0 Å². The number of esters is 2. The first kappa shape index (κ1) is 23.1. The average Bonchev–Trinajstić information content (AvgIpc) is 2.66. The minimum atomic E-state index is -0.601. The van der Waals surface area contributed by atoms with Crippen LogP contribution in [0.2, 0.25) is 0 Å². The highest BCUT2D eigenvalue weighted by molar-refractivity contribution is 5.76. The normalized spacial score (nSPS) is 36.5. The Balaban J connectivity index is 1.76. The third kappa shape index (κ3) is 5.16. The van der Waals surface area contributed by atoms with Gasteiger partial charge in [0.25, 0.3) is 0 Å². The van der Waals surface area contributed by atoms with Gasteiger partial charge >= 0.3 is 11.9 Å². The topological polar surface area (TPSA) is 72.8 Å². The monoisotopic (exact) mass is 418 g/mol. The number of rotatable bonds is 6. The number of hydrogen-bond acceptors (Lipinski definition) is 5. The van der Waals surface area contributed by atoms with Crippen molar-refractivity contribution < 1.29 is 24.2 Å². The van der Waals surface area contributed by atoms with E-state index in [2.05, 4.69) is 32.1 Å². The fourth-order valence-electron chi connectivity index (χ4n) is 5.08. The fraction of sp³-hybridized carbons (Fsp3) is 0.760. The molecule has 3 aliphatic rings. The lowest BCUT2D eigenvalue weighted by atomic mass is 9.65. The van der Waals surface area contributed by atoms with Gasteiger partial charge in [0.15, 0.2) is 0 Å². The molecule has 168 valence electrons. The van der Waals surface area contributed by atoms with Gasteiger partial charge in [-0.05, 0) is 62.9 Å². The number of cyclic esters (lactones) is 1. The Labute approximate surface area is 180 Å². The van der Waals surface area contributed by atoms with E-state index in [1.165, 1.54) is 5.57 Å². The molecule has 4 unspecified atom stereocenters. The Morgan fingerprint density at radius 3 is 2.67 bits per heavy atom. The van der Waals surface area contributed by atoms with E-state index in [0.717, 1.165) is 25.7 Å². The Bertz CT molecular complexity index is 706. The van der Waals surface area contributed by atoms with Crippen molar-refractivity contribution in [1.29, 1.82) is 0 Å². The smallest absolute Gasteiger partial charge is 0.311 e. The molecule has 0 aromatic heterocycles. The number of aliphatic hydroxyl groups excluding tert-OH is 1. The molecule has 1 N–H and O–H groups in total. The summed E-state index contributed by atoms with van der Waals surface area (Å²) >= 11 is 0. The van der Waals surface area contributed by atoms with Crippen LogP contribution in [-0.2, 0) is 19.1 Å². The van der Waals surface area contributed by atoms with Gasteiger partial charge in [-0.25, -0.2) is 0 Å². The molecule has 1 saturated heterocycles. The van der Waals surface area contributed by atoms with Gasteiger partial charge in [-0.2, -0.15) is 0 Å². The maximum absolute atomic E-state index is 12.9. The van der Waals surface area contributed by atoms with Crippen molar-refractivity contribution in [2.45, 2.75) is 91.5 Å². The van der Waals surface area contributed by atoms with Gasteiger partial charge in [0, 0.05) is 12.3 Å². The van der Waals surface area contributed by atoms with Crippen molar-refractivity contribution in [1.82, 2.24) is 0 Å². The van der Waals surface area contributed by atoms with E-state index in [9.17, 15) is 14.7 Å². The van der Waals surface area contributed by atoms with Crippen LogP contribution in [0.1, 0.15) is 73.1 Å². The minimum absolute atomic E-state index is 0.0949. The van der Waals surface area contributed by atoms with Crippen LogP contribution in [-0.4, -0.2) is 35.4 Å². The number of carbonyl (C=O) groups excluding carboxylic acids is 2. The predicted octanol–water partition coefficient (Wildman–Crippen LogP) is 4.59. The summed E-state index contributed by atoms with van der Waals surface area (Å²) in [5, 5.41) is 9.92. The molecule has 0 aromatic carbocycles. The largest absolute Gasteiger partial charge is 0.462 e. The van der Waals surface area contributed by atoms with Crippen LogP contribution in [0.5, 0.6) is 0 Å². The third-order valence-corrected chi connectivity index (χ3v) is 7.35. The molecule has 7 atom stereocenters. The van der Waals surface area contributed by atoms with Gasteiger partial charge < -0.3 is 14.6 Å². The van der Waals surface area contributed by atoms with Crippen molar-refractivity contribution in [3.8, 4) is 0 Å². The Morgan fingerprint density at radius 1 is 1.27 bits per heavy atom. The summed E-state index contributed by atoms with van der Waals surface area (Å²) < 4.78 is 11.6. The van der Waals surface area contributed by atoms with Gasteiger partial charge in [0.2, 0.25) is 0 Å². The van der Waals surface area contributed by atoms with Crippen LogP contribution in [0.4, 0.5) is 0 Å². The number of hydrogen-bond donors (Lipinski definition) is 1. The molecule has 0 spiro atoms. The second-order valence-corrected chi connectivity index (χ2v) is 10.3. The lowest BCUT2D eigenvalue weighted by molar-refractivity contribution is -0.166. The van der Waals surface area contributed by atoms with Crippen molar-refractivity contribution in [2.24, 2.45) is 29.1 Å². The number of allylic oxidation sites excluding steroid dienone is 3. The molecule has 1 heterocycles. The zero-order valence-electron chi connectivity index (χ0n) is 19.1. The van der Waals surface area contributed by atoms with E-state index in [-0.39, 0.29) is 36.5 Å². The van der Waals surface area contributed by atoms with E-state index in [1.807, 2.05) is 20.8 Å².